The van der Waals surface area contributed by atoms with Crippen LogP contribution in [0.4, 0.5) is 11.6 Å². The third-order valence-electron chi connectivity index (χ3n) is 8.97. The summed E-state index contributed by atoms with van der Waals surface area (Å²) >= 11 is 6.57. The molecular weight excluding hydrogens is 602 g/mol. The van der Waals surface area contributed by atoms with Crippen LogP contribution < -0.4 is 16.0 Å². The first-order valence-electron chi connectivity index (χ1n) is 15.5. The number of rotatable bonds is 10. The van der Waals surface area contributed by atoms with Crippen LogP contribution in [0.1, 0.15) is 60.6 Å². The zero-order chi connectivity index (χ0) is 31.3. The van der Waals surface area contributed by atoms with E-state index in [2.05, 4.69) is 43.0 Å². The summed E-state index contributed by atoms with van der Waals surface area (Å²) in [4.78, 5) is 28.9. The van der Waals surface area contributed by atoms with E-state index in [9.17, 15) is 13.2 Å². The number of benzene rings is 1. The highest BCUT2D eigenvalue weighted by Crippen LogP contribution is 2.30. The second kappa shape index (κ2) is 14.4. The Bertz CT molecular complexity index is 1460. The van der Waals surface area contributed by atoms with Crippen molar-refractivity contribution in [3.63, 3.8) is 0 Å². The SMILES string of the molecule is CC[C@H]1CN(c2nc(N)c(C(=O)NCCCN3CCCS3(=O)=O)nc2Cl)CCN1C1CCN(Cc2ccc(C#N)cc2)CC1. The first-order valence-corrected chi connectivity index (χ1v) is 17.5. The molecule has 1 aromatic heterocycles. The van der Waals surface area contributed by atoms with E-state index in [0.717, 1.165) is 58.5 Å². The number of nitrogens with one attached hydrogen (secondary N) is 1. The Kier molecular flexibility index (Phi) is 10.6. The van der Waals surface area contributed by atoms with Crippen LogP contribution in [-0.4, -0.2) is 109 Å². The number of piperazine rings is 1. The van der Waals surface area contributed by atoms with E-state index < -0.39 is 15.9 Å². The van der Waals surface area contributed by atoms with Crippen molar-refractivity contribution in [3.05, 3.63) is 46.2 Å². The molecule has 5 rings (SSSR count). The molecule has 14 heteroatoms. The van der Waals surface area contributed by atoms with Gasteiger partial charge in [-0.1, -0.05) is 30.7 Å². The Hall–Kier alpha value is -3.02. The maximum atomic E-state index is 12.8. The molecule has 3 N–H and O–H groups in total. The molecule has 3 saturated heterocycles. The molecule has 0 saturated carbocycles. The predicted molar refractivity (Wildman–Crippen MR) is 171 cm³/mol. The lowest BCUT2D eigenvalue weighted by atomic mass is 9.97. The van der Waals surface area contributed by atoms with Crippen LogP contribution in [0.5, 0.6) is 0 Å². The third-order valence-corrected chi connectivity index (χ3v) is 11.2. The number of nitrogens with zero attached hydrogens (tertiary/aromatic N) is 7. The van der Waals surface area contributed by atoms with E-state index in [0.29, 0.717) is 55.9 Å². The lowest BCUT2D eigenvalue weighted by Gasteiger charge is -2.47. The molecule has 0 unspecified atom stereocenters. The average Bonchev–Trinajstić information content (AvgIpc) is 3.37. The second-order valence-electron chi connectivity index (χ2n) is 11.8. The largest absolute Gasteiger partial charge is 0.382 e. The molecule has 0 spiro atoms. The Morgan fingerprint density at radius 1 is 1.14 bits per heavy atom. The molecule has 3 fully saturated rings. The number of sulfonamides is 1. The number of nitrogen functional groups attached to an aromatic ring is 1. The summed E-state index contributed by atoms with van der Waals surface area (Å²) in [5.41, 5.74) is 8.10. The molecule has 3 aliphatic heterocycles. The van der Waals surface area contributed by atoms with Gasteiger partial charge in [0.25, 0.3) is 5.91 Å². The first kappa shape index (κ1) is 32.4. The number of nitriles is 1. The number of piperidine rings is 1. The molecule has 1 amide bonds. The fourth-order valence-corrected chi connectivity index (χ4v) is 8.34. The number of likely N-dealkylation sites (tertiary alicyclic amines) is 1. The van der Waals surface area contributed by atoms with Gasteiger partial charge in [-0.15, -0.1) is 0 Å². The monoisotopic (exact) mass is 643 g/mol. The second-order valence-corrected chi connectivity index (χ2v) is 14.3. The van der Waals surface area contributed by atoms with Crippen LogP contribution in [0.3, 0.4) is 0 Å². The number of nitrogens with two attached hydrogens (primary N) is 1. The fourth-order valence-electron chi connectivity index (χ4n) is 6.53. The molecule has 1 aromatic carbocycles. The number of anilines is 2. The third kappa shape index (κ3) is 7.61. The standard InChI is InChI=1S/C30H42ClN9O3S/c1-2-24-21-38(16-17-40(24)25-9-14-37(15-10-25)20-23-7-5-22(19-32)6-8-23)29-27(31)35-26(28(33)36-29)30(41)34-11-3-12-39-13-4-18-44(39,42)43/h5-8,24-25H,2-4,9-18,20-21H2,1H3,(H2,33,36)(H,34,41)/t24-/m0/s1. The molecular formula is C30H42ClN9O3S. The average molecular weight is 644 g/mol. The van der Waals surface area contributed by atoms with Gasteiger partial charge in [0.05, 0.1) is 17.4 Å². The van der Waals surface area contributed by atoms with Gasteiger partial charge in [-0.25, -0.2) is 22.7 Å². The molecule has 0 bridgehead atoms. The Balaban J connectivity index is 1.12. The van der Waals surface area contributed by atoms with Crippen molar-refractivity contribution in [3.8, 4) is 6.07 Å². The smallest absolute Gasteiger partial charge is 0.273 e. The molecule has 0 aliphatic carbocycles. The van der Waals surface area contributed by atoms with Gasteiger partial charge in [-0.3, -0.25) is 14.6 Å². The predicted octanol–water partition coefficient (Wildman–Crippen LogP) is 2.30. The highest BCUT2D eigenvalue weighted by atomic mass is 35.5. The zero-order valence-electron chi connectivity index (χ0n) is 25.3. The Morgan fingerprint density at radius 3 is 2.55 bits per heavy atom. The molecule has 0 radical (unpaired) electrons. The van der Waals surface area contributed by atoms with E-state index in [4.69, 9.17) is 22.6 Å². The number of hydrogen-bond donors (Lipinski definition) is 2. The number of aromatic nitrogens is 2. The topological polar surface area (TPSA) is 152 Å². The van der Waals surface area contributed by atoms with Crippen molar-refractivity contribution in [2.24, 2.45) is 0 Å². The summed E-state index contributed by atoms with van der Waals surface area (Å²) < 4.78 is 25.4. The van der Waals surface area contributed by atoms with Gasteiger partial charge in [0.15, 0.2) is 22.5 Å². The van der Waals surface area contributed by atoms with Gasteiger partial charge < -0.3 is 16.0 Å². The minimum atomic E-state index is -3.16. The van der Waals surface area contributed by atoms with Gasteiger partial charge in [0.1, 0.15) is 0 Å². The lowest BCUT2D eigenvalue weighted by Crippen LogP contribution is -2.58. The number of hydrogen-bond acceptors (Lipinski definition) is 10. The Morgan fingerprint density at radius 2 is 1.89 bits per heavy atom. The molecule has 44 heavy (non-hydrogen) atoms. The van der Waals surface area contributed by atoms with Gasteiger partial charge in [-0.05, 0) is 62.9 Å². The summed E-state index contributed by atoms with van der Waals surface area (Å²) in [7, 11) is -3.16. The minimum Gasteiger partial charge on any atom is -0.382 e. The summed E-state index contributed by atoms with van der Waals surface area (Å²) in [6.45, 7) is 8.73. The van der Waals surface area contributed by atoms with Crippen molar-refractivity contribution in [2.45, 2.75) is 57.7 Å². The fraction of sp³-hybridized carbons (Fsp3) is 0.600. The van der Waals surface area contributed by atoms with Gasteiger partial charge in [-0.2, -0.15) is 5.26 Å². The number of carbonyl (C=O) groups is 1. The molecule has 1 atom stereocenters. The molecule has 3 aliphatic rings. The quantitative estimate of drug-likeness (QED) is 0.369. The van der Waals surface area contributed by atoms with Crippen LogP contribution in [0.2, 0.25) is 5.15 Å². The van der Waals surface area contributed by atoms with Crippen molar-refractivity contribution in [1.29, 1.82) is 5.26 Å². The highest BCUT2D eigenvalue weighted by Gasteiger charge is 2.34. The maximum absolute atomic E-state index is 12.8. The van der Waals surface area contributed by atoms with Crippen molar-refractivity contribution in [2.75, 3.05) is 68.7 Å². The molecule has 2 aromatic rings. The zero-order valence-corrected chi connectivity index (χ0v) is 26.9. The van der Waals surface area contributed by atoms with E-state index >= 15 is 0 Å². The summed E-state index contributed by atoms with van der Waals surface area (Å²) in [6, 6.07) is 10.9. The number of halogens is 1. The van der Waals surface area contributed by atoms with Gasteiger partial charge in [0, 0.05) is 57.9 Å². The van der Waals surface area contributed by atoms with E-state index in [1.54, 1.807) is 0 Å². The molecule has 12 nitrogen and oxygen atoms in total. The van der Waals surface area contributed by atoms with E-state index in [-0.39, 0.29) is 22.4 Å². The van der Waals surface area contributed by atoms with E-state index in [1.807, 2.05) is 24.3 Å². The van der Waals surface area contributed by atoms with Crippen LogP contribution in [0, 0.1) is 11.3 Å². The lowest BCUT2D eigenvalue weighted by molar-refractivity contribution is 0.0610. The van der Waals surface area contributed by atoms with Crippen LogP contribution in [0.25, 0.3) is 0 Å². The van der Waals surface area contributed by atoms with Crippen LogP contribution in [0.15, 0.2) is 24.3 Å². The minimum absolute atomic E-state index is 0.0222. The first-order chi connectivity index (χ1) is 21.2. The molecule has 238 valence electrons. The highest BCUT2D eigenvalue weighted by molar-refractivity contribution is 7.89. The van der Waals surface area contributed by atoms with Crippen molar-refractivity contribution >= 4 is 39.2 Å². The summed E-state index contributed by atoms with van der Waals surface area (Å²) in [5, 5.41) is 11.9. The number of carbonyl (C=O) groups excluding carboxylic acids is 1. The molecule has 4 heterocycles. The normalized spacial score (nSPS) is 21.8. The van der Waals surface area contributed by atoms with Crippen LogP contribution >= 0.6 is 11.6 Å². The van der Waals surface area contributed by atoms with Crippen molar-refractivity contribution in [1.82, 2.24) is 29.4 Å². The van der Waals surface area contributed by atoms with Gasteiger partial charge >= 0.3 is 0 Å². The summed E-state index contributed by atoms with van der Waals surface area (Å²) in [5.74, 6) is 0.227. The summed E-state index contributed by atoms with van der Waals surface area (Å²) in [6.07, 6.45) is 4.33. The van der Waals surface area contributed by atoms with Crippen LogP contribution in [-0.2, 0) is 16.6 Å². The van der Waals surface area contributed by atoms with Crippen molar-refractivity contribution < 1.29 is 13.2 Å². The van der Waals surface area contributed by atoms with E-state index in [1.165, 1.54) is 9.87 Å². The maximum Gasteiger partial charge on any atom is 0.273 e. The van der Waals surface area contributed by atoms with Gasteiger partial charge in [0.2, 0.25) is 10.0 Å². The Labute approximate surface area is 265 Å². The number of amides is 1.